The summed E-state index contributed by atoms with van der Waals surface area (Å²) < 4.78 is 0. The molecule has 0 aliphatic carbocycles. The number of ketones is 1. The van der Waals surface area contributed by atoms with Gasteiger partial charge in [-0.15, -0.1) is 11.8 Å². The average molecular weight is 368 g/mol. The van der Waals surface area contributed by atoms with E-state index in [4.69, 9.17) is 0 Å². The summed E-state index contributed by atoms with van der Waals surface area (Å²) >= 11 is 1.80. The van der Waals surface area contributed by atoms with Gasteiger partial charge < -0.3 is 4.90 Å². The second-order valence-electron chi connectivity index (χ2n) is 6.66. The summed E-state index contributed by atoms with van der Waals surface area (Å²) in [6.07, 6.45) is 3.97. The van der Waals surface area contributed by atoms with Crippen LogP contribution in [0, 0.1) is 0 Å². The monoisotopic (exact) mass is 367 g/mol. The third kappa shape index (κ3) is 5.46. The number of Topliss-reactive ketones (excluding diaryl/α,β-unsaturated/α-hetero) is 1. The Labute approximate surface area is 159 Å². The largest absolute Gasteiger partial charge is 0.323 e. The van der Waals surface area contributed by atoms with Crippen LogP contribution in [0.2, 0.25) is 0 Å². The van der Waals surface area contributed by atoms with Crippen LogP contribution in [0.1, 0.15) is 30.4 Å². The summed E-state index contributed by atoms with van der Waals surface area (Å²) in [5, 5.41) is 0.180. The number of benzene rings is 2. The number of nitrogens with zero attached hydrogens (tertiary/aromatic N) is 1. The minimum Gasteiger partial charge on any atom is -0.323 e. The molecule has 0 saturated carbocycles. The Hall–Kier alpha value is -2.07. The number of hydrogen-bond donors (Lipinski definition) is 0. The molecule has 1 heterocycles. The van der Waals surface area contributed by atoms with E-state index >= 15 is 0 Å². The molecule has 1 amide bonds. The topological polar surface area (TPSA) is 37.4 Å². The third-order valence-corrected chi connectivity index (χ3v) is 5.99. The minimum atomic E-state index is 0.110. The number of aryl methyl sites for hydroxylation is 2. The predicted octanol–water partition coefficient (Wildman–Crippen LogP) is 4.11. The highest BCUT2D eigenvalue weighted by atomic mass is 32.2. The maximum absolute atomic E-state index is 12.2. The van der Waals surface area contributed by atoms with Crippen molar-refractivity contribution in [2.75, 3.05) is 12.3 Å². The highest BCUT2D eigenvalue weighted by Crippen LogP contribution is 2.30. The van der Waals surface area contributed by atoms with Gasteiger partial charge >= 0.3 is 0 Å². The molecule has 4 heteroatoms. The molecule has 1 aliphatic rings. The van der Waals surface area contributed by atoms with Crippen molar-refractivity contribution < 1.29 is 9.59 Å². The summed E-state index contributed by atoms with van der Waals surface area (Å²) in [5.41, 5.74) is 2.52. The van der Waals surface area contributed by atoms with Crippen molar-refractivity contribution in [3.63, 3.8) is 0 Å². The van der Waals surface area contributed by atoms with E-state index in [0.717, 1.165) is 25.0 Å². The van der Waals surface area contributed by atoms with E-state index in [9.17, 15) is 9.59 Å². The number of thioether (sulfide) groups is 1. The number of β-lactam (4-membered cyclic amide) rings is 1. The number of carbonyl (C=O) groups excluding carboxylic acids is 2. The van der Waals surface area contributed by atoms with Crippen LogP contribution in [0.25, 0.3) is 0 Å². The summed E-state index contributed by atoms with van der Waals surface area (Å²) in [4.78, 5) is 25.8. The van der Waals surface area contributed by atoms with E-state index in [-0.39, 0.29) is 23.6 Å². The fraction of sp³-hybridized carbons (Fsp3) is 0.364. The van der Waals surface area contributed by atoms with Gasteiger partial charge in [-0.25, -0.2) is 0 Å². The first-order chi connectivity index (χ1) is 12.7. The standard InChI is InChI=1S/C22H25NO2S/c24-20(14-13-19-10-5-2-6-11-19)17-23-21(25)16-22(23)26-15-7-12-18-8-3-1-4-9-18/h1-6,8-11,22H,7,12-17H2. The van der Waals surface area contributed by atoms with Crippen LogP contribution in [0.5, 0.6) is 0 Å². The lowest BCUT2D eigenvalue weighted by Crippen LogP contribution is -2.52. The van der Waals surface area contributed by atoms with Gasteiger partial charge in [0.15, 0.2) is 5.78 Å². The lowest BCUT2D eigenvalue weighted by molar-refractivity contribution is -0.144. The molecular formula is C22H25NO2S. The van der Waals surface area contributed by atoms with Crippen LogP contribution < -0.4 is 0 Å². The zero-order valence-electron chi connectivity index (χ0n) is 15.0. The van der Waals surface area contributed by atoms with E-state index in [2.05, 4.69) is 24.3 Å². The molecule has 2 aromatic carbocycles. The Morgan fingerprint density at radius 1 is 0.962 bits per heavy atom. The van der Waals surface area contributed by atoms with Crippen molar-refractivity contribution in [2.24, 2.45) is 0 Å². The highest BCUT2D eigenvalue weighted by Gasteiger charge is 2.36. The quantitative estimate of drug-likeness (QED) is 0.468. The fourth-order valence-electron chi connectivity index (χ4n) is 3.10. The molecule has 0 N–H and O–H groups in total. The number of carbonyl (C=O) groups is 2. The molecule has 1 unspecified atom stereocenters. The molecule has 26 heavy (non-hydrogen) atoms. The van der Waals surface area contributed by atoms with E-state index < -0.39 is 0 Å². The molecule has 0 spiro atoms. The molecule has 0 radical (unpaired) electrons. The molecule has 1 saturated heterocycles. The van der Waals surface area contributed by atoms with E-state index in [1.807, 2.05) is 36.4 Å². The molecule has 1 fully saturated rings. The summed E-state index contributed by atoms with van der Waals surface area (Å²) in [6, 6.07) is 20.5. The lowest BCUT2D eigenvalue weighted by Gasteiger charge is -2.39. The average Bonchev–Trinajstić information content (AvgIpc) is 2.68. The number of rotatable bonds is 10. The number of amides is 1. The maximum Gasteiger partial charge on any atom is 0.226 e. The first kappa shape index (κ1) is 18.7. The van der Waals surface area contributed by atoms with Crippen LogP contribution in [-0.2, 0) is 22.4 Å². The molecule has 1 aliphatic heterocycles. The smallest absolute Gasteiger partial charge is 0.226 e. The summed E-state index contributed by atoms with van der Waals surface area (Å²) in [7, 11) is 0. The maximum atomic E-state index is 12.2. The Balaban J connectivity index is 1.35. The first-order valence-electron chi connectivity index (χ1n) is 9.23. The van der Waals surface area contributed by atoms with Crippen molar-refractivity contribution in [1.82, 2.24) is 4.90 Å². The van der Waals surface area contributed by atoms with Crippen molar-refractivity contribution in [3.05, 3.63) is 71.8 Å². The zero-order valence-corrected chi connectivity index (χ0v) is 15.8. The van der Waals surface area contributed by atoms with Gasteiger partial charge in [-0.3, -0.25) is 9.59 Å². The molecule has 0 bridgehead atoms. The third-order valence-electron chi connectivity index (χ3n) is 4.66. The fourth-order valence-corrected chi connectivity index (χ4v) is 4.32. The molecule has 3 rings (SSSR count). The number of likely N-dealkylation sites (tertiary alicyclic amines) is 1. The molecule has 1 atom stereocenters. The summed E-state index contributed by atoms with van der Waals surface area (Å²) in [5.74, 6) is 1.28. The first-order valence-corrected chi connectivity index (χ1v) is 10.3. The van der Waals surface area contributed by atoms with Gasteiger partial charge in [0, 0.05) is 6.42 Å². The van der Waals surface area contributed by atoms with Crippen LogP contribution in [0.3, 0.4) is 0 Å². The van der Waals surface area contributed by atoms with Crippen molar-refractivity contribution in [1.29, 1.82) is 0 Å². The van der Waals surface area contributed by atoms with Gasteiger partial charge in [0.05, 0.1) is 18.3 Å². The predicted molar refractivity (Wildman–Crippen MR) is 107 cm³/mol. The Kier molecular flexibility index (Phi) is 6.89. The Morgan fingerprint density at radius 2 is 1.58 bits per heavy atom. The van der Waals surface area contributed by atoms with Crippen LogP contribution in [0.15, 0.2) is 60.7 Å². The molecule has 136 valence electrons. The van der Waals surface area contributed by atoms with E-state index in [0.29, 0.717) is 12.8 Å². The van der Waals surface area contributed by atoms with Crippen molar-refractivity contribution in [2.45, 2.75) is 37.5 Å². The van der Waals surface area contributed by atoms with Crippen molar-refractivity contribution in [3.8, 4) is 0 Å². The van der Waals surface area contributed by atoms with Crippen LogP contribution >= 0.6 is 11.8 Å². The van der Waals surface area contributed by atoms with Gasteiger partial charge in [-0.05, 0) is 36.1 Å². The SMILES string of the molecule is O=C(CCc1ccccc1)CN1C(=O)CC1SCCCc1ccccc1. The van der Waals surface area contributed by atoms with Gasteiger partial charge in [0.2, 0.25) is 5.91 Å². The molecular weight excluding hydrogens is 342 g/mol. The van der Waals surface area contributed by atoms with Crippen molar-refractivity contribution >= 4 is 23.5 Å². The van der Waals surface area contributed by atoms with Gasteiger partial charge in [0.25, 0.3) is 0 Å². The lowest BCUT2D eigenvalue weighted by atomic mass is 10.1. The zero-order chi connectivity index (χ0) is 18.2. The normalized spacial score (nSPS) is 16.4. The molecule has 2 aromatic rings. The van der Waals surface area contributed by atoms with E-state index in [1.165, 1.54) is 11.1 Å². The van der Waals surface area contributed by atoms with Gasteiger partial charge in [-0.2, -0.15) is 0 Å². The second-order valence-corrected chi connectivity index (χ2v) is 7.95. The molecule has 0 aromatic heterocycles. The molecule has 3 nitrogen and oxygen atoms in total. The highest BCUT2D eigenvalue weighted by molar-refractivity contribution is 7.99. The van der Waals surface area contributed by atoms with Crippen LogP contribution in [0.4, 0.5) is 0 Å². The van der Waals surface area contributed by atoms with E-state index in [1.54, 1.807) is 16.7 Å². The minimum absolute atomic E-state index is 0.110. The Bertz CT molecular complexity index is 717. The van der Waals surface area contributed by atoms with Gasteiger partial charge in [0.1, 0.15) is 0 Å². The van der Waals surface area contributed by atoms with Crippen LogP contribution in [-0.4, -0.2) is 34.3 Å². The Morgan fingerprint density at radius 3 is 2.19 bits per heavy atom. The van der Waals surface area contributed by atoms with Gasteiger partial charge in [-0.1, -0.05) is 60.7 Å². The second kappa shape index (κ2) is 9.58. The number of hydrogen-bond acceptors (Lipinski definition) is 3. The summed E-state index contributed by atoms with van der Waals surface area (Å²) in [6.45, 7) is 0.266.